The Hall–Kier alpha value is -5.16. The molecule has 3 heterocycles. The van der Waals surface area contributed by atoms with E-state index in [9.17, 15) is 14.9 Å². The minimum absolute atomic E-state index is 0.0770. The number of carbonyl (C=O) groups excluding carboxylic acids is 1. The molecule has 0 amide bonds. The molecule has 2 aliphatic heterocycles. The third kappa shape index (κ3) is 6.18. The lowest BCUT2D eigenvalue weighted by atomic mass is 9.68. The molecule has 0 bridgehead atoms. The van der Waals surface area contributed by atoms with E-state index in [1.165, 1.54) is 23.6 Å². The maximum Gasteiger partial charge on any atom is 0.513 e. The number of aromatic nitrogens is 2. The molecule has 0 aliphatic carbocycles. The van der Waals surface area contributed by atoms with E-state index in [-0.39, 0.29) is 29.4 Å². The number of nitro benzene ring substituents is 1. The molecular formula is C35H35N5O6. The van der Waals surface area contributed by atoms with Gasteiger partial charge in [-0.2, -0.15) is 0 Å². The van der Waals surface area contributed by atoms with Crippen molar-refractivity contribution in [1.29, 1.82) is 0 Å². The Bertz CT molecular complexity index is 1690. The summed E-state index contributed by atoms with van der Waals surface area (Å²) in [6, 6.07) is 27.6. The first-order chi connectivity index (χ1) is 22.4. The zero-order chi connectivity index (χ0) is 32.1. The second-order valence-electron chi connectivity index (χ2n) is 11.6. The molecule has 46 heavy (non-hydrogen) atoms. The van der Waals surface area contributed by atoms with Crippen LogP contribution in [0.25, 0.3) is 0 Å². The Morgan fingerprint density at radius 1 is 0.957 bits per heavy atom. The quantitative estimate of drug-likeness (QED) is 0.113. The predicted octanol–water partition coefficient (Wildman–Crippen LogP) is 6.79. The van der Waals surface area contributed by atoms with Crippen LogP contribution < -0.4 is 0 Å². The van der Waals surface area contributed by atoms with Crippen LogP contribution in [0.4, 0.5) is 10.5 Å². The molecule has 2 aliphatic rings. The first-order valence-corrected chi connectivity index (χ1v) is 15.3. The van der Waals surface area contributed by atoms with Crippen molar-refractivity contribution in [2.24, 2.45) is 4.99 Å². The molecule has 0 N–H and O–H groups in total. The van der Waals surface area contributed by atoms with Gasteiger partial charge in [0.1, 0.15) is 12.4 Å². The first-order valence-electron chi connectivity index (χ1n) is 15.3. The van der Waals surface area contributed by atoms with Gasteiger partial charge in [0.25, 0.3) is 5.69 Å². The second-order valence-corrected chi connectivity index (χ2v) is 11.6. The first kappa shape index (κ1) is 30.8. The van der Waals surface area contributed by atoms with Crippen LogP contribution >= 0.6 is 0 Å². The third-order valence-electron chi connectivity index (χ3n) is 9.06. The summed E-state index contributed by atoms with van der Waals surface area (Å²) in [5, 5.41) is 19.9. The number of rotatable bonds is 9. The van der Waals surface area contributed by atoms with Crippen molar-refractivity contribution in [3.63, 3.8) is 0 Å². The van der Waals surface area contributed by atoms with E-state index in [0.717, 1.165) is 25.9 Å². The van der Waals surface area contributed by atoms with Gasteiger partial charge in [-0.3, -0.25) is 20.0 Å². The van der Waals surface area contributed by atoms with E-state index in [0.29, 0.717) is 23.5 Å². The highest BCUT2D eigenvalue weighted by Gasteiger charge is 2.43. The number of nitrogens with zero attached hydrogens (tertiary/aromatic N) is 5. The van der Waals surface area contributed by atoms with Gasteiger partial charge in [-0.05, 0) is 50.9 Å². The Kier molecular flexibility index (Phi) is 9.02. The van der Waals surface area contributed by atoms with Crippen LogP contribution in [0.2, 0.25) is 0 Å². The number of ether oxygens (including phenoxy) is 2. The average Bonchev–Trinajstić information content (AvgIpc) is 3.61. The molecule has 4 aromatic rings. The largest absolute Gasteiger partial charge is 0.513 e. The van der Waals surface area contributed by atoms with Crippen molar-refractivity contribution >= 4 is 17.6 Å². The minimum Gasteiger partial charge on any atom is -0.433 e. The number of piperidine rings is 1. The van der Waals surface area contributed by atoms with Gasteiger partial charge >= 0.3 is 6.16 Å². The van der Waals surface area contributed by atoms with Crippen molar-refractivity contribution in [1.82, 2.24) is 15.1 Å². The summed E-state index contributed by atoms with van der Waals surface area (Å²) in [6.07, 6.45) is 2.15. The average molecular weight is 622 g/mol. The number of likely N-dealkylation sites (tertiary alicyclic amines) is 1. The maximum atomic E-state index is 13.1. The molecule has 3 aromatic carbocycles. The summed E-state index contributed by atoms with van der Waals surface area (Å²) in [7, 11) is 0. The zero-order valence-electron chi connectivity index (χ0n) is 25.7. The lowest BCUT2D eigenvalue weighted by Crippen LogP contribution is -2.44. The Morgan fingerprint density at radius 3 is 2.20 bits per heavy atom. The number of carbonyl (C=O) groups is 1. The van der Waals surface area contributed by atoms with E-state index in [4.69, 9.17) is 13.9 Å². The normalized spacial score (nSPS) is 19.7. The number of benzene rings is 3. The SMILES string of the molecule is CC1=NC(C)=C(OC(=O)OCCN2CCC(c3ccccc3)(c3ccccc3)CC2)C(c2ccccc2[N+](=O)[O-])C1c1nnco1. The summed E-state index contributed by atoms with van der Waals surface area (Å²) in [5.74, 6) is -1.16. The minimum atomic E-state index is -0.906. The highest BCUT2D eigenvalue weighted by atomic mass is 16.7. The predicted molar refractivity (Wildman–Crippen MR) is 170 cm³/mol. The molecule has 11 nitrogen and oxygen atoms in total. The number of nitro groups is 1. The topological polar surface area (TPSA) is 133 Å². The van der Waals surface area contributed by atoms with Crippen molar-refractivity contribution in [3.8, 4) is 0 Å². The molecule has 0 spiro atoms. The van der Waals surface area contributed by atoms with Crippen LogP contribution in [0.5, 0.6) is 0 Å². The summed E-state index contributed by atoms with van der Waals surface area (Å²) in [5.41, 5.74) is 3.75. The van der Waals surface area contributed by atoms with Crippen molar-refractivity contribution in [2.75, 3.05) is 26.2 Å². The molecule has 6 rings (SSSR count). The number of hydrogen-bond donors (Lipinski definition) is 0. The number of allylic oxidation sites excluding steroid dienone is 2. The highest BCUT2D eigenvalue weighted by molar-refractivity contribution is 5.92. The standard InChI is InChI=1S/C35H35N5O6/c1-24-30(33-38-36-23-45-33)31(28-15-9-10-16-29(28)40(42)43)32(25(2)37-24)46-34(41)44-22-21-39-19-17-35(18-20-39,26-11-5-3-6-12-26)27-13-7-4-8-14-27/h3-16,23,30-31H,17-22H2,1-2H3. The molecule has 1 fully saturated rings. The molecule has 0 radical (unpaired) electrons. The van der Waals surface area contributed by atoms with E-state index < -0.39 is 22.9 Å². The second kappa shape index (κ2) is 13.5. The molecular weight excluding hydrogens is 586 g/mol. The van der Waals surface area contributed by atoms with Gasteiger partial charge < -0.3 is 13.9 Å². The summed E-state index contributed by atoms with van der Waals surface area (Å²) >= 11 is 0. The van der Waals surface area contributed by atoms with Gasteiger partial charge in [0.05, 0.1) is 22.5 Å². The van der Waals surface area contributed by atoms with Crippen molar-refractivity contribution < 1.29 is 23.6 Å². The van der Waals surface area contributed by atoms with Gasteiger partial charge in [0.2, 0.25) is 12.3 Å². The molecule has 11 heteroatoms. The number of hydrogen-bond acceptors (Lipinski definition) is 10. The van der Waals surface area contributed by atoms with Crippen LogP contribution in [-0.4, -0.2) is 58.1 Å². The summed E-state index contributed by atoms with van der Waals surface area (Å²) in [4.78, 5) is 31.5. The lowest BCUT2D eigenvalue weighted by molar-refractivity contribution is -0.385. The van der Waals surface area contributed by atoms with E-state index in [1.54, 1.807) is 32.0 Å². The molecule has 2 unspecified atom stereocenters. The van der Waals surface area contributed by atoms with Gasteiger partial charge in [-0.15, -0.1) is 10.2 Å². The molecule has 236 valence electrons. The molecule has 0 saturated carbocycles. The van der Waals surface area contributed by atoms with Crippen LogP contribution in [0.1, 0.15) is 61.1 Å². The number of aliphatic imine (C=N–C) groups is 1. The van der Waals surface area contributed by atoms with Gasteiger partial charge in [0, 0.05) is 29.3 Å². The summed E-state index contributed by atoms with van der Waals surface area (Å²) < 4.78 is 16.9. The fourth-order valence-corrected chi connectivity index (χ4v) is 6.81. The van der Waals surface area contributed by atoms with Crippen LogP contribution in [0.15, 0.2) is 112 Å². The zero-order valence-corrected chi connectivity index (χ0v) is 25.7. The van der Waals surface area contributed by atoms with E-state index >= 15 is 0 Å². The fourth-order valence-electron chi connectivity index (χ4n) is 6.81. The highest BCUT2D eigenvalue weighted by Crippen LogP contribution is 2.47. The van der Waals surface area contributed by atoms with E-state index in [2.05, 4.69) is 68.6 Å². The summed E-state index contributed by atoms with van der Waals surface area (Å²) in [6.45, 7) is 5.82. The van der Waals surface area contributed by atoms with Crippen molar-refractivity contribution in [2.45, 2.75) is 43.9 Å². The van der Waals surface area contributed by atoms with Gasteiger partial charge in [-0.25, -0.2) is 4.79 Å². The maximum absolute atomic E-state index is 13.1. The van der Waals surface area contributed by atoms with E-state index in [1.807, 2.05) is 12.1 Å². The molecule has 1 saturated heterocycles. The van der Waals surface area contributed by atoms with Crippen LogP contribution in [-0.2, 0) is 14.9 Å². The van der Waals surface area contributed by atoms with Gasteiger partial charge in [0.15, 0.2) is 0 Å². The molecule has 2 atom stereocenters. The van der Waals surface area contributed by atoms with Crippen LogP contribution in [0.3, 0.4) is 0 Å². The number of para-hydroxylation sites is 1. The van der Waals surface area contributed by atoms with Crippen molar-refractivity contribution in [3.05, 3.63) is 135 Å². The monoisotopic (exact) mass is 621 g/mol. The molecule has 1 aromatic heterocycles. The van der Waals surface area contributed by atoms with Crippen LogP contribution in [0, 0.1) is 10.1 Å². The Labute approximate surface area is 266 Å². The van der Waals surface area contributed by atoms with Gasteiger partial charge in [-0.1, -0.05) is 78.9 Å². The Morgan fingerprint density at radius 2 is 1.59 bits per heavy atom. The smallest absolute Gasteiger partial charge is 0.433 e. The fraction of sp³-hybridized carbons (Fsp3) is 0.314. The third-order valence-corrected chi connectivity index (χ3v) is 9.06. The Balaban J connectivity index is 1.14. The lowest BCUT2D eigenvalue weighted by Gasteiger charge is -2.43.